The minimum atomic E-state index is -0.435. The van der Waals surface area contributed by atoms with Crippen LogP contribution < -0.4 is 0 Å². The number of rotatable bonds is 3. The van der Waals surface area contributed by atoms with Crippen molar-refractivity contribution in [1.82, 2.24) is 40.1 Å². The van der Waals surface area contributed by atoms with Crippen molar-refractivity contribution < 1.29 is 4.39 Å². The Balaban J connectivity index is 1.56. The molecule has 0 aromatic carbocycles. The Morgan fingerprint density at radius 1 is 0.806 bits per heavy atom. The predicted molar refractivity (Wildman–Crippen MR) is 113 cm³/mol. The van der Waals surface area contributed by atoms with E-state index < -0.39 is 5.82 Å². The molecule has 0 amide bonds. The molecule has 6 rings (SSSR count). The molecule has 0 bridgehead atoms. The second-order valence-electron chi connectivity index (χ2n) is 6.90. The maximum Gasteiger partial charge on any atom is 0.159 e. The van der Waals surface area contributed by atoms with Gasteiger partial charge < -0.3 is 4.98 Å². The molecule has 0 spiro atoms. The van der Waals surface area contributed by atoms with Crippen LogP contribution in [0.3, 0.4) is 0 Å². The molecule has 0 atom stereocenters. The van der Waals surface area contributed by atoms with Gasteiger partial charge in [0.1, 0.15) is 17.0 Å². The molecule has 6 aromatic rings. The van der Waals surface area contributed by atoms with Crippen LogP contribution in [-0.4, -0.2) is 40.1 Å². The van der Waals surface area contributed by atoms with Gasteiger partial charge in [0.05, 0.1) is 16.6 Å². The van der Waals surface area contributed by atoms with E-state index in [2.05, 4.69) is 35.1 Å². The predicted octanol–water partition coefficient (Wildman–Crippen LogP) is 4.16. The molecule has 0 radical (unpaired) electrons. The van der Waals surface area contributed by atoms with Crippen LogP contribution >= 0.6 is 0 Å². The lowest BCUT2D eigenvalue weighted by molar-refractivity contribution is 0.642. The van der Waals surface area contributed by atoms with Gasteiger partial charge in [-0.25, -0.2) is 14.4 Å². The van der Waals surface area contributed by atoms with Crippen molar-refractivity contribution in [1.29, 1.82) is 0 Å². The Bertz CT molecular complexity index is 1540. The van der Waals surface area contributed by atoms with Crippen LogP contribution in [0.2, 0.25) is 0 Å². The molecule has 6 heterocycles. The first-order valence-corrected chi connectivity index (χ1v) is 9.48. The van der Waals surface area contributed by atoms with E-state index in [1.54, 1.807) is 43.1 Å². The Morgan fingerprint density at radius 2 is 1.71 bits per heavy atom. The van der Waals surface area contributed by atoms with E-state index >= 15 is 4.39 Å². The maximum atomic E-state index is 15.5. The largest absolute Gasteiger partial charge is 0.336 e. The highest BCUT2D eigenvalue weighted by molar-refractivity contribution is 5.96. The molecule has 0 aliphatic carbocycles. The smallest absolute Gasteiger partial charge is 0.159 e. The third kappa shape index (κ3) is 2.75. The van der Waals surface area contributed by atoms with Gasteiger partial charge in [0, 0.05) is 53.9 Å². The number of aromatic nitrogens is 8. The van der Waals surface area contributed by atoms with Gasteiger partial charge in [0.2, 0.25) is 0 Å². The van der Waals surface area contributed by atoms with Gasteiger partial charge in [-0.15, -0.1) is 0 Å². The summed E-state index contributed by atoms with van der Waals surface area (Å²) in [5.41, 5.74) is 4.69. The van der Waals surface area contributed by atoms with Crippen LogP contribution in [0.4, 0.5) is 4.39 Å². The number of hydrogen-bond acceptors (Lipinski definition) is 6. The minimum absolute atomic E-state index is 0.263. The quantitative estimate of drug-likeness (QED) is 0.455. The first-order valence-electron chi connectivity index (χ1n) is 9.48. The lowest BCUT2D eigenvalue weighted by Crippen LogP contribution is -1.91. The summed E-state index contributed by atoms with van der Waals surface area (Å²) in [7, 11) is 0. The zero-order valence-electron chi connectivity index (χ0n) is 15.9. The Hall–Kier alpha value is -4.53. The lowest BCUT2D eigenvalue weighted by Gasteiger charge is -2.03. The average molecular weight is 408 g/mol. The van der Waals surface area contributed by atoms with Gasteiger partial charge in [0.15, 0.2) is 11.5 Å². The molecule has 8 nitrogen and oxygen atoms in total. The highest BCUT2D eigenvalue weighted by Crippen LogP contribution is 2.33. The molecule has 9 heteroatoms. The molecule has 6 aromatic heterocycles. The lowest BCUT2D eigenvalue weighted by atomic mass is 10.1. The van der Waals surface area contributed by atoms with Crippen LogP contribution in [0, 0.1) is 5.82 Å². The van der Waals surface area contributed by atoms with Crippen molar-refractivity contribution in [2.45, 2.75) is 0 Å². The number of aromatic amines is 2. The molecular weight excluding hydrogens is 395 g/mol. The standard InChI is InChI=1S/C22H13FN8/c23-17-14(13-2-1-6-25-10-13)11-27-21-16(17)20(30-31-21)22-28-15-5-9-26-18(19(15)29-22)12-3-7-24-8-4-12/h1-11H,(H,28,29)(H,27,30,31). The second kappa shape index (κ2) is 6.77. The van der Waals surface area contributed by atoms with E-state index in [4.69, 9.17) is 4.98 Å². The number of H-pyrrole nitrogens is 2. The number of pyridine rings is 4. The highest BCUT2D eigenvalue weighted by atomic mass is 19.1. The first kappa shape index (κ1) is 17.3. The third-order valence-corrected chi connectivity index (χ3v) is 5.08. The van der Waals surface area contributed by atoms with Gasteiger partial charge in [-0.2, -0.15) is 5.10 Å². The topological polar surface area (TPSA) is 109 Å². The zero-order chi connectivity index (χ0) is 20.8. The molecule has 0 saturated heterocycles. The van der Waals surface area contributed by atoms with E-state index in [9.17, 15) is 0 Å². The fraction of sp³-hybridized carbons (Fsp3) is 0. The molecule has 0 saturated carbocycles. The summed E-state index contributed by atoms with van der Waals surface area (Å²) >= 11 is 0. The molecule has 0 aliphatic rings. The molecule has 31 heavy (non-hydrogen) atoms. The summed E-state index contributed by atoms with van der Waals surface area (Å²) in [5, 5.41) is 7.35. The Kier molecular flexibility index (Phi) is 3.79. The molecule has 0 fully saturated rings. The SMILES string of the molecule is Fc1c(-c2cccnc2)cnc2[nH]nc(-c3nc4c(-c5ccncc5)nccc4[nH]3)c12. The minimum Gasteiger partial charge on any atom is -0.336 e. The highest BCUT2D eigenvalue weighted by Gasteiger charge is 2.21. The number of imidazole rings is 1. The van der Waals surface area contributed by atoms with Crippen molar-refractivity contribution >= 4 is 22.1 Å². The van der Waals surface area contributed by atoms with Crippen LogP contribution in [0.15, 0.2) is 67.5 Å². The van der Waals surface area contributed by atoms with E-state index in [1.165, 1.54) is 6.20 Å². The van der Waals surface area contributed by atoms with Crippen molar-refractivity contribution in [3.8, 4) is 33.9 Å². The number of nitrogens with one attached hydrogen (secondary N) is 2. The van der Waals surface area contributed by atoms with E-state index in [-0.39, 0.29) is 5.39 Å². The summed E-state index contributed by atoms with van der Waals surface area (Å²) < 4.78 is 15.5. The summed E-state index contributed by atoms with van der Waals surface area (Å²) in [6, 6.07) is 9.09. The summed E-state index contributed by atoms with van der Waals surface area (Å²) in [6.07, 6.45) is 9.81. The first-order chi connectivity index (χ1) is 15.3. The van der Waals surface area contributed by atoms with E-state index in [1.807, 2.05) is 18.2 Å². The number of hydrogen-bond donors (Lipinski definition) is 2. The van der Waals surface area contributed by atoms with E-state index in [0.29, 0.717) is 39.5 Å². The molecular formula is C22H13FN8. The average Bonchev–Trinajstić information content (AvgIpc) is 3.45. The number of halogens is 1. The fourth-order valence-electron chi connectivity index (χ4n) is 3.62. The van der Waals surface area contributed by atoms with Gasteiger partial charge in [-0.1, -0.05) is 6.07 Å². The van der Waals surface area contributed by atoms with Crippen LogP contribution in [-0.2, 0) is 0 Å². The van der Waals surface area contributed by atoms with Crippen molar-refractivity contribution in [2.75, 3.05) is 0 Å². The summed E-state index contributed by atoms with van der Waals surface area (Å²) in [6.45, 7) is 0. The maximum absolute atomic E-state index is 15.5. The van der Waals surface area contributed by atoms with Gasteiger partial charge in [-0.05, 0) is 24.3 Å². The Labute approximate surface area is 174 Å². The van der Waals surface area contributed by atoms with Crippen molar-refractivity contribution in [3.63, 3.8) is 0 Å². The summed E-state index contributed by atoms with van der Waals surface area (Å²) in [4.78, 5) is 24.9. The second-order valence-corrected chi connectivity index (χ2v) is 6.90. The van der Waals surface area contributed by atoms with Gasteiger partial charge in [-0.3, -0.25) is 20.1 Å². The molecule has 148 valence electrons. The third-order valence-electron chi connectivity index (χ3n) is 5.08. The monoisotopic (exact) mass is 408 g/mol. The van der Waals surface area contributed by atoms with E-state index in [0.717, 1.165) is 11.1 Å². The van der Waals surface area contributed by atoms with Gasteiger partial charge in [0.25, 0.3) is 0 Å². The van der Waals surface area contributed by atoms with Crippen LogP contribution in [0.25, 0.3) is 56.0 Å². The van der Waals surface area contributed by atoms with Crippen LogP contribution in [0.1, 0.15) is 0 Å². The van der Waals surface area contributed by atoms with Gasteiger partial charge >= 0.3 is 0 Å². The van der Waals surface area contributed by atoms with Crippen LogP contribution in [0.5, 0.6) is 0 Å². The molecule has 0 aliphatic heterocycles. The number of fused-ring (bicyclic) bond motifs is 2. The van der Waals surface area contributed by atoms with Crippen molar-refractivity contribution in [2.24, 2.45) is 0 Å². The van der Waals surface area contributed by atoms with Crippen molar-refractivity contribution in [3.05, 3.63) is 73.3 Å². The fourth-order valence-corrected chi connectivity index (χ4v) is 3.62. The zero-order valence-corrected chi connectivity index (χ0v) is 15.9. The molecule has 0 unspecified atom stereocenters. The summed E-state index contributed by atoms with van der Waals surface area (Å²) in [5.74, 6) is -0.0109. The normalized spacial score (nSPS) is 11.4. The molecule has 2 N–H and O–H groups in total. The Morgan fingerprint density at radius 3 is 2.55 bits per heavy atom. The number of nitrogens with zero attached hydrogens (tertiary/aromatic N) is 6.